The van der Waals surface area contributed by atoms with Crippen LogP contribution >= 0.6 is 59.1 Å². The molecule has 0 radical (unpaired) electrons. The predicted molar refractivity (Wildman–Crippen MR) is 110 cm³/mol. The SMILES string of the molecule is Cl.Cl.O=C(c1csc(-c2ccc(Cl)s2)n1)N1CCC2(CCNC2)CC1. The third-order valence-corrected chi connectivity index (χ3v) is 7.19. The zero-order chi connectivity index (χ0) is 15.9. The molecule has 0 unspecified atom stereocenters. The van der Waals surface area contributed by atoms with Gasteiger partial charge in [0.2, 0.25) is 0 Å². The molecule has 2 aromatic rings. The number of thiazole rings is 1. The first kappa shape index (κ1) is 20.9. The van der Waals surface area contributed by atoms with E-state index >= 15 is 0 Å². The average Bonchev–Trinajstić information content (AvgIpc) is 3.28. The van der Waals surface area contributed by atoms with Crippen LogP contribution < -0.4 is 5.32 Å². The lowest BCUT2D eigenvalue weighted by Crippen LogP contribution is -2.44. The summed E-state index contributed by atoms with van der Waals surface area (Å²) in [5.41, 5.74) is 0.993. The molecule has 0 aliphatic carbocycles. The van der Waals surface area contributed by atoms with Crippen molar-refractivity contribution in [2.75, 3.05) is 26.2 Å². The van der Waals surface area contributed by atoms with Gasteiger partial charge in [0.15, 0.2) is 0 Å². The van der Waals surface area contributed by atoms with Crippen molar-refractivity contribution < 1.29 is 4.79 Å². The molecule has 2 aliphatic rings. The van der Waals surface area contributed by atoms with E-state index in [0.717, 1.165) is 53.2 Å². The highest BCUT2D eigenvalue weighted by atomic mass is 35.5. The molecule has 2 aromatic heterocycles. The molecule has 0 bridgehead atoms. The molecule has 25 heavy (non-hydrogen) atoms. The Morgan fingerprint density at radius 1 is 1.24 bits per heavy atom. The fraction of sp³-hybridized carbons (Fsp3) is 0.500. The Kier molecular flexibility index (Phi) is 7.16. The van der Waals surface area contributed by atoms with Gasteiger partial charge in [-0.1, -0.05) is 11.6 Å². The lowest BCUT2D eigenvalue weighted by atomic mass is 9.78. The predicted octanol–water partition coefficient (Wildman–Crippen LogP) is 4.58. The summed E-state index contributed by atoms with van der Waals surface area (Å²) in [6.07, 6.45) is 3.45. The summed E-state index contributed by atoms with van der Waals surface area (Å²) in [5, 5.41) is 6.20. The largest absolute Gasteiger partial charge is 0.337 e. The van der Waals surface area contributed by atoms with Gasteiger partial charge >= 0.3 is 0 Å². The maximum Gasteiger partial charge on any atom is 0.273 e. The van der Waals surface area contributed by atoms with Crippen LogP contribution in [0.1, 0.15) is 29.8 Å². The van der Waals surface area contributed by atoms with E-state index in [0.29, 0.717) is 11.1 Å². The van der Waals surface area contributed by atoms with E-state index in [2.05, 4.69) is 10.3 Å². The lowest BCUT2D eigenvalue weighted by Gasteiger charge is -2.38. The number of thiophene rings is 1. The summed E-state index contributed by atoms with van der Waals surface area (Å²) in [7, 11) is 0. The van der Waals surface area contributed by atoms with E-state index in [1.165, 1.54) is 29.1 Å². The molecular weight excluding hydrogens is 421 g/mol. The standard InChI is InChI=1S/C16H18ClN3OS2.2ClH/c17-13-2-1-12(23-13)14-19-11(9-22-14)15(21)20-7-4-16(5-8-20)3-6-18-10-16;;/h1-2,9,18H,3-8,10H2;2*1H. The van der Waals surface area contributed by atoms with Crippen molar-refractivity contribution in [1.82, 2.24) is 15.2 Å². The van der Waals surface area contributed by atoms with Crippen LogP contribution in [0.2, 0.25) is 4.34 Å². The molecule has 1 spiro atoms. The normalized spacial score (nSPS) is 18.7. The second kappa shape index (κ2) is 8.55. The van der Waals surface area contributed by atoms with Gasteiger partial charge in [0.25, 0.3) is 5.91 Å². The second-order valence-electron chi connectivity index (χ2n) is 6.36. The molecule has 2 aliphatic heterocycles. The van der Waals surface area contributed by atoms with Gasteiger partial charge < -0.3 is 10.2 Å². The molecule has 2 saturated heterocycles. The smallest absolute Gasteiger partial charge is 0.273 e. The highest BCUT2D eigenvalue weighted by molar-refractivity contribution is 7.23. The van der Waals surface area contributed by atoms with Crippen LogP contribution in [0.25, 0.3) is 9.88 Å². The lowest BCUT2D eigenvalue weighted by molar-refractivity contribution is 0.0603. The van der Waals surface area contributed by atoms with Crippen LogP contribution in [-0.4, -0.2) is 42.0 Å². The number of hydrogen-bond donors (Lipinski definition) is 1. The summed E-state index contributed by atoms with van der Waals surface area (Å²) in [6.45, 7) is 3.91. The van der Waals surface area contributed by atoms with Gasteiger partial charge in [-0.05, 0) is 43.4 Å². The fourth-order valence-electron chi connectivity index (χ4n) is 3.48. The van der Waals surface area contributed by atoms with E-state index in [1.54, 1.807) is 0 Å². The number of carbonyl (C=O) groups is 1. The summed E-state index contributed by atoms with van der Waals surface area (Å²) in [5.74, 6) is 0.0657. The van der Waals surface area contributed by atoms with Crippen LogP contribution in [-0.2, 0) is 0 Å². The second-order valence-corrected chi connectivity index (χ2v) is 8.93. The van der Waals surface area contributed by atoms with E-state index in [-0.39, 0.29) is 30.7 Å². The number of likely N-dealkylation sites (tertiary alicyclic amines) is 1. The molecule has 9 heteroatoms. The Labute approximate surface area is 172 Å². The number of piperidine rings is 1. The molecule has 0 saturated carbocycles. The fourth-order valence-corrected chi connectivity index (χ4v) is 5.39. The number of halogens is 3. The zero-order valence-corrected chi connectivity index (χ0v) is 17.5. The van der Waals surface area contributed by atoms with Crippen molar-refractivity contribution in [3.63, 3.8) is 0 Å². The maximum atomic E-state index is 12.7. The van der Waals surface area contributed by atoms with Crippen molar-refractivity contribution in [3.8, 4) is 9.88 Å². The van der Waals surface area contributed by atoms with Gasteiger partial charge in [-0.15, -0.1) is 47.5 Å². The van der Waals surface area contributed by atoms with Crippen molar-refractivity contribution in [3.05, 3.63) is 27.5 Å². The van der Waals surface area contributed by atoms with Gasteiger partial charge in [0.05, 0.1) is 9.21 Å². The van der Waals surface area contributed by atoms with Gasteiger partial charge in [-0.2, -0.15) is 0 Å². The molecule has 1 amide bonds. The number of amides is 1. The topological polar surface area (TPSA) is 45.2 Å². The number of aromatic nitrogens is 1. The molecule has 0 atom stereocenters. The van der Waals surface area contributed by atoms with Gasteiger partial charge in [-0.25, -0.2) is 4.98 Å². The van der Waals surface area contributed by atoms with Crippen LogP contribution in [0.15, 0.2) is 17.5 Å². The Balaban J connectivity index is 0.00000113. The molecule has 138 valence electrons. The minimum atomic E-state index is 0. The molecule has 4 heterocycles. The first-order valence-electron chi connectivity index (χ1n) is 7.87. The van der Waals surface area contributed by atoms with E-state index < -0.39 is 0 Å². The zero-order valence-electron chi connectivity index (χ0n) is 13.5. The third kappa shape index (κ3) is 4.31. The van der Waals surface area contributed by atoms with E-state index in [4.69, 9.17) is 11.6 Å². The quantitative estimate of drug-likeness (QED) is 0.743. The number of nitrogens with zero attached hydrogens (tertiary/aromatic N) is 2. The Bertz CT molecular complexity index is 718. The summed E-state index contributed by atoms with van der Waals surface area (Å²) in [4.78, 5) is 20.2. The molecule has 4 nitrogen and oxygen atoms in total. The van der Waals surface area contributed by atoms with Gasteiger partial charge in [0.1, 0.15) is 10.7 Å². The maximum absolute atomic E-state index is 12.7. The highest BCUT2D eigenvalue weighted by Gasteiger charge is 2.38. The summed E-state index contributed by atoms with van der Waals surface area (Å²) >= 11 is 8.98. The number of hydrogen-bond acceptors (Lipinski definition) is 5. The summed E-state index contributed by atoms with van der Waals surface area (Å²) in [6, 6.07) is 3.82. The summed E-state index contributed by atoms with van der Waals surface area (Å²) < 4.78 is 0.745. The van der Waals surface area contributed by atoms with Crippen LogP contribution in [0, 0.1) is 5.41 Å². The Hall–Kier alpha value is -0.370. The van der Waals surface area contributed by atoms with Crippen LogP contribution in [0.5, 0.6) is 0 Å². The molecule has 1 N–H and O–H groups in total. The molecular formula is C16H20Cl3N3OS2. The third-order valence-electron chi connectivity index (χ3n) is 4.95. The molecule has 4 rings (SSSR count). The Morgan fingerprint density at radius 2 is 2.00 bits per heavy atom. The first-order chi connectivity index (χ1) is 11.2. The minimum absolute atomic E-state index is 0. The van der Waals surface area contributed by atoms with E-state index in [1.807, 2.05) is 22.4 Å². The average molecular weight is 441 g/mol. The van der Waals surface area contributed by atoms with Crippen LogP contribution in [0.3, 0.4) is 0 Å². The first-order valence-corrected chi connectivity index (χ1v) is 9.94. The van der Waals surface area contributed by atoms with Gasteiger partial charge in [0, 0.05) is 25.0 Å². The molecule has 2 fully saturated rings. The Morgan fingerprint density at radius 3 is 2.60 bits per heavy atom. The number of carbonyl (C=O) groups excluding carboxylic acids is 1. The van der Waals surface area contributed by atoms with Gasteiger partial charge in [-0.3, -0.25) is 4.79 Å². The van der Waals surface area contributed by atoms with Crippen molar-refractivity contribution in [2.24, 2.45) is 5.41 Å². The monoisotopic (exact) mass is 439 g/mol. The molecule has 0 aromatic carbocycles. The van der Waals surface area contributed by atoms with Crippen molar-refractivity contribution >= 4 is 65.0 Å². The van der Waals surface area contributed by atoms with Crippen molar-refractivity contribution in [2.45, 2.75) is 19.3 Å². The number of rotatable bonds is 2. The minimum Gasteiger partial charge on any atom is -0.337 e. The van der Waals surface area contributed by atoms with Crippen molar-refractivity contribution in [1.29, 1.82) is 0 Å². The highest BCUT2D eigenvalue weighted by Crippen LogP contribution is 2.37. The van der Waals surface area contributed by atoms with Crippen LogP contribution in [0.4, 0.5) is 0 Å². The number of nitrogens with one attached hydrogen (secondary N) is 1. The van der Waals surface area contributed by atoms with E-state index in [9.17, 15) is 4.79 Å².